The van der Waals surface area contributed by atoms with E-state index < -0.39 is 0 Å². The van der Waals surface area contributed by atoms with Gasteiger partial charge in [-0.2, -0.15) is 0 Å². The molecule has 0 aliphatic heterocycles. The van der Waals surface area contributed by atoms with Crippen LogP contribution < -0.4 is 0 Å². The summed E-state index contributed by atoms with van der Waals surface area (Å²) >= 11 is 0. The molecule has 1 aliphatic carbocycles. The molecule has 0 radical (unpaired) electrons. The summed E-state index contributed by atoms with van der Waals surface area (Å²) in [7, 11) is 0. The highest BCUT2D eigenvalue weighted by Crippen LogP contribution is 2.28. The number of ether oxygens (including phenoxy) is 1. The lowest BCUT2D eigenvalue weighted by Gasteiger charge is -2.30. The van der Waals surface area contributed by atoms with Crippen LogP contribution in [0.15, 0.2) is 12.7 Å². The average Bonchev–Trinajstić information content (AvgIpc) is 2.22. The van der Waals surface area contributed by atoms with Crippen molar-refractivity contribution in [3.63, 3.8) is 0 Å². The maximum Gasteiger partial charge on any atom is 0.307 e. The molecular formula is C13H21NO3. The van der Waals surface area contributed by atoms with Crippen molar-refractivity contribution < 1.29 is 14.3 Å². The average molecular weight is 239 g/mol. The van der Waals surface area contributed by atoms with E-state index in [0.717, 1.165) is 19.3 Å². The molecule has 4 nitrogen and oxygen atoms in total. The van der Waals surface area contributed by atoms with Gasteiger partial charge in [-0.1, -0.05) is 12.5 Å². The first kappa shape index (κ1) is 13.7. The molecule has 0 N–H and O–H groups in total. The Balaban J connectivity index is 2.38. The van der Waals surface area contributed by atoms with E-state index >= 15 is 0 Å². The maximum absolute atomic E-state index is 12.0. The Morgan fingerprint density at radius 2 is 2.18 bits per heavy atom. The lowest BCUT2D eigenvalue weighted by molar-refractivity contribution is -0.144. The summed E-state index contributed by atoms with van der Waals surface area (Å²) in [5.41, 5.74) is 0. The predicted octanol–water partition coefficient (Wildman–Crippen LogP) is 1.75. The molecule has 0 spiro atoms. The van der Waals surface area contributed by atoms with Crippen molar-refractivity contribution in [3.8, 4) is 0 Å². The fourth-order valence-corrected chi connectivity index (χ4v) is 1.82. The van der Waals surface area contributed by atoms with Crippen molar-refractivity contribution in [1.29, 1.82) is 0 Å². The molecule has 0 bridgehead atoms. The number of hydrogen-bond acceptors (Lipinski definition) is 3. The first-order chi connectivity index (χ1) is 8.19. The second-order valence-electron chi connectivity index (χ2n) is 4.26. The van der Waals surface area contributed by atoms with Gasteiger partial charge < -0.3 is 9.64 Å². The maximum atomic E-state index is 12.0. The number of nitrogens with zero attached hydrogens (tertiary/aromatic N) is 1. The van der Waals surface area contributed by atoms with Gasteiger partial charge in [0.1, 0.15) is 0 Å². The van der Waals surface area contributed by atoms with Gasteiger partial charge in [0.2, 0.25) is 5.91 Å². The van der Waals surface area contributed by atoms with Crippen LogP contribution in [0.4, 0.5) is 0 Å². The van der Waals surface area contributed by atoms with Crippen LogP contribution in [0.5, 0.6) is 0 Å². The Labute approximate surface area is 103 Å². The molecule has 1 fully saturated rings. The highest BCUT2D eigenvalue weighted by molar-refractivity contribution is 5.80. The van der Waals surface area contributed by atoms with E-state index in [1.165, 1.54) is 0 Å². The number of amides is 1. The topological polar surface area (TPSA) is 46.6 Å². The van der Waals surface area contributed by atoms with Crippen LogP contribution in [-0.2, 0) is 14.3 Å². The van der Waals surface area contributed by atoms with E-state index in [-0.39, 0.29) is 24.2 Å². The molecule has 1 saturated carbocycles. The van der Waals surface area contributed by atoms with Gasteiger partial charge in [-0.05, 0) is 19.8 Å². The van der Waals surface area contributed by atoms with Crippen molar-refractivity contribution in [1.82, 2.24) is 4.90 Å². The third-order valence-electron chi connectivity index (χ3n) is 3.01. The molecule has 0 aromatic carbocycles. The Hall–Kier alpha value is -1.32. The van der Waals surface area contributed by atoms with Crippen LogP contribution in [0.3, 0.4) is 0 Å². The van der Waals surface area contributed by atoms with Crippen LogP contribution >= 0.6 is 0 Å². The van der Waals surface area contributed by atoms with E-state index in [0.29, 0.717) is 19.7 Å². The molecule has 0 aromatic rings. The van der Waals surface area contributed by atoms with Crippen LogP contribution in [0.1, 0.15) is 32.6 Å². The van der Waals surface area contributed by atoms with Crippen LogP contribution in [0.2, 0.25) is 0 Å². The SMILES string of the molecule is C=CCN(CCC(=O)OCC)C(=O)C1CCC1. The first-order valence-electron chi connectivity index (χ1n) is 6.24. The number of carbonyl (C=O) groups is 2. The fourth-order valence-electron chi connectivity index (χ4n) is 1.82. The fraction of sp³-hybridized carbons (Fsp3) is 0.692. The molecule has 0 saturated heterocycles. The Bertz CT molecular complexity index is 284. The monoisotopic (exact) mass is 239 g/mol. The van der Waals surface area contributed by atoms with Gasteiger partial charge in [-0.15, -0.1) is 6.58 Å². The van der Waals surface area contributed by atoms with Gasteiger partial charge in [0, 0.05) is 19.0 Å². The summed E-state index contributed by atoms with van der Waals surface area (Å²) < 4.78 is 4.85. The third-order valence-corrected chi connectivity index (χ3v) is 3.01. The summed E-state index contributed by atoms with van der Waals surface area (Å²) in [6.45, 7) is 6.74. The summed E-state index contributed by atoms with van der Waals surface area (Å²) in [5.74, 6) is 0.0700. The number of rotatable bonds is 7. The summed E-state index contributed by atoms with van der Waals surface area (Å²) in [6, 6.07) is 0. The van der Waals surface area contributed by atoms with Gasteiger partial charge >= 0.3 is 5.97 Å². The molecule has 17 heavy (non-hydrogen) atoms. The molecule has 0 atom stereocenters. The van der Waals surface area contributed by atoms with Crippen molar-refractivity contribution in [3.05, 3.63) is 12.7 Å². The smallest absolute Gasteiger partial charge is 0.307 e. The second-order valence-corrected chi connectivity index (χ2v) is 4.26. The quantitative estimate of drug-likeness (QED) is 0.502. The zero-order valence-electron chi connectivity index (χ0n) is 10.5. The van der Waals surface area contributed by atoms with E-state index in [1.54, 1.807) is 17.9 Å². The zero-order chi connectivity index (χ0) is 12.7. The van der Waals surface area contributed by atoms with Crippen LogP contribution in [0, 0.1) is 5.92 Å². The molecule has 0 heterocycles. The molecule has 4 heteroatoms. The highest BCUT2D eigenvalue weighted by atomic mass is 16.5. The summed E-state index contributed by atoms with van der Waals surface area (Å²) in [5, 5.41) is 0. The normalized spacial score (nSPS) is 14.9. The zero-order valence-corrected chi connectivity index (χ0v) is 10.5. The first-order valence-corrected chi connectivity index (χ1v) is 6.24. The lowest BCUT2D eigenvalue weighted by Crippen LogP contribution is -2.40. The number of esters is 1. The van der Waals surface area contributed by atoms with Gasteiger partial charge in [0.25, 0.3) is 0 Å². The summed E-state index contributed by atoms with van der Waals surface area (Å²) in [6.07, 6.45) is 5.05. The van der Waals surface area contributed by atoms with E-state index in [1.807, 2.05) is 0 Å². The molecule has 96 valence electrons. The Kier molecular flexibility index (Phi) is 5.73. The highest BCUT2D eigenvalue weighted by Gasteiger charge is 2.29. The molecule has 0 aromatic heterocycles. The van der Waals surface area contributed by atoms with Gasteiger partial charge in [-0.25, -0.2) is 0 Å². The van der Waals surface area contributed by atoms with Gasteiger partial charge in [-0.3, -0.25) is 9.59 Å². The molecule has 1 amide bonds. The van der Waals surface area contributed by atoms with Gasteiger partial charge in [0.05, 0.1) is 13.0 Å². The van der Waals surface area contributed by atoms with E-state index in [9.17, 15) is 9.59 Å². The van der Waals surface area contributed by atoms with Crippen molar-refractivity contribution >= 4 is 11.9 Å². The van der Waals surface area contributed by atoms with Crippen molar-refractivity contribution in [2.45, 2.75) is 32.6 Å². The van der Waals surface area contributed by atoms with Crippen LogP contribution in [-0.4, -0.2) is 36.5 Å². The predicted molar refractivity (Wildman–Crippen MR) is 65.4 cm³/mol. The summed E-state index contributed by atoms with van der Waals surface area (Å²) in [4.78, 5) is 25.0. The van der Waals surface area contributed by atoms with E-state index in [2.05, 4.69) is 6.58 Å². The minimum atomic E-state index is -0.247. The lowest BCUT2D eigenvalue weighted by atomic mass is 9.84. The Morgan fingerprint density at radius 1 is 1.47 bits per heavy atom. The minimum absolute atomic E-state index is 0.153. The van der Waals surface area contributed by atoms with Crippen LogP contribution in [0.25, 0.3) is 0 Å². The standard InChI is InChI=1S/C13H21NO3/c1-3-9-14(10-8-12(15)17-4-2)13(16)11-6-5-7-11/h3,11H,1,4-10H2,2H3. The largest absolute Gasteiger partial charge is 0.466 e. The molecule has 1 rings (SSSR count). The second kappa shape index (κ2) is 7.09. The van der Waals surface area contributed by atoms with Crippen molar-refractivity contribution in [2.75, 3.05) is 19.7 Å². The molecular weight excluding hydrogens is 218 g/mol. The van der Waals surface area contributed by atoms with Crippen molar-refractivity contribution in [2.24, 2.45) is 5.92 Å². The minimum Gasteiger partial charge on any atom is -0.466 e. The number of hydrogen-bond donors (Lipinski definition) is 0. The van der Waals surface area contributed by atoms with E-state index in [4.69, 9.17) is 4.74 Å². The van der Waals surface area contributed by atoms with Gasteiger partial charge in [0.15, 0.2) is 0 Å². The molecule has 0 unspecified atom stereocenters. The molecule has 1 aliphatic rings. The number of carbonyl (C=O) groups excluding carboxylic acids is 2. The Morgan fingerprint density at radius 3 is 2.65 bits per heavy atom. The third kappa shape index (κ3) is 4.21.